The molecular formula is C16H20N2O2. The molecule has 0 unspecified atom stereocenters. The van der Waals surface area contributed by atoms with Gasteiger partial charge in [-0.05, 0) is 35.7 Å². The summed E-state index contributed by atoms with van der Waals surface area (Å²) in [5.41, 5.74) is 1.66. The van der Waals surface area contributed by atoms with Crippen LogP contribution >= 0.6 is 0 Å². The fourth-order valence-electron chi connectivity index (χ4n) is 1.74. The van der Waals surface area contributed by atoms with Crippen LogP contribution in [-0.4, -0.2) is 17.5 Å². The van der Waals surface area contributed by atoms with Crippen LogP contribution in [0.25, 0.3) is 0 Å². The second-order valence-electron chi connectivity index (χ2n) is 5.13. The summed E-state index contributed by atoms with van der Waals surface area (Å²) in [7, 11) is 0. The van der Waals surface area contributed by atoms with E-state index in [1.54, 1.807) is 12.1 Å². The smallest absolute Gasteiger partial charge is 0.251 e. The molecule has 0 fully saturated rings. The summed E-state index contributed by atoms with van der Waals surface area (Å²) in [5.74, 6) is 1.09. The summed E-state index contributed by atoms with van der Waals surface area (Å²) in [6.45, 7) is 5.34. The van der Waals surface area contributed by atoms with Gasteiger partial charge in [-0.3, -0.25) is 4.79 Å². The minimum absolute atomic E-state index is 0.0961. The Labute approximate surface area is 119 Å². The van der Waals surface area contributed by atoms with E-state index in [0.29, 0.717) is 24.6 Å². The Morgan fingerprint density at radius 2 is 2.20 bits per heavy atom. The van der Waals surface area contributed by atoms with E-state index < -0.39 is 0 Å². The number of nitrogens with one attached hydrogen (secondary N) is 2. The molecule has 1 amide bonds. The first-order valence-electron chi connectivity index (χ1n) is 6.78. The van der Waals surface area contributed by atoms with Gasteiger partial charge in [0.1, 0.15) is 5.75 Å². The van der Waals surface area contributed by atoms with Crippen LogP contribution in [0.4, 0.5) is 0 Å². The molecule has 0 aliphatic carbocycles. The topological polar surface area (TPSA) is 54.1 Å². The second-order valence-corrected chi connectivity index (χ2v) is 5.13. The zero-order chi connectivity index (χ0) is 14.4. The quantitative estimate of drug-likeness (QED) is 0.849. The Kier molecular flexibility index (Phi) is 4.82. The van der Waals surface area contributed by atoms with E-state index in [0.717, 1.165) is 11.3 Å². The monoisotopic (exact) mass is 272 g/mol. The lowest BCUT2D eigenvalue weighted by atomic mass is 10.2. The Bertz CT molecular complexity index is 547. The lowest BCUT2D eigenvalue weighted by Gasteiger charge is -2.10. The highest BCUT2D eigenvalue weighted by Crippen LogP contribution is 2.14. The van der Waals surface area contributed by atoms with Crippen molar-refractivity contribution in [1.82, 2.24) is 10.3 Å². The Hall–Kier alpha value is -2.23. The minimum Gasteiger partial charge on any atom is -0.493 e. The largest absolute Gasteiger partial charge is 0.493 e. The number of ether oxygens (including phenoxy) is 1. The van der Waals surface area contributed by atoms with Gasteiger partial charge in [0.25, 0.3) is 5.91 Å². The van der Waals surface area contributed by atoms with Crippen LogP contribution in [-0.2, 0) is 6.54 Å². The number of benzene rings is 1. The fraction of sp³-hybridized carbons (Fsp3) is 0.312. The Balaban J connectivity index is 1.93. The molecule has 4 heteroatoms. The SMILES string of the molecule is CC(C)COc1cccc(C(=O)NCc2cc[nH]c2)c1. The molecule has 0 saturated carbocycles. The summed E-state index contributed by atoms with van der Waals surface area (Å²) in [6, 6.07) is 9.19. The molecule has 1 aromatic heterocycles. The van der Waals surface area contributed by atoms with Crippen molar-refractivity contribution in [2.75, 3.05) is 6.61 Å². The molecule has 1 aromatic carbocycles. The fourth-order valence-corrected chi connectivity index (χ4v) is 1.74. The van der Waals surface area contributed by atoms with Gasteiger partial charge in [-0.15, -0.1) is 0 Å². The zero-order valence-electron chi connectivity index (χ0n) is 11.8. The molecule has 1 heterocycles. The van der Waals surface area contributed by atoms with Crippen molar-refractivity contribution >= 4 is 5.91 Å². The van der Waals surface area contributed by atoms with Crippen molar-refractivity contribution in [3.05, 3.63) is 53.9 Å². The van der Waals surface area contributed by atoms with Gasteiger partial charge in [0.2, 0.25) is 0 Å². The van der Waals surface area contributed by atoms with Crippen LogP contribution < -0.4 is 10.1 Å². The zero-order valence-corrected chi connectivity index (χ0v) is 11.8. The van der Waals surface area contributed by atoms with E-state index in [1.807, 2.05) is 30.6 Å². The van der Waals surface area contributed by atoms with Crippen LogP contribution in [0.2, 0.25) is 0 Å². The first-order valence-corrected chi connectivity index (χ1v) is 6.78. The first-order chi connectivity index (χ1) is 9.65. The molecule has 2 aromatic rings. The molecule has 2 N–H and O–H groups in total. The maximum Gasteiger partial charge on any atom is 0.251 e. The molecule has 0 saturated heterocycles. The van der Waals surface area contributed by atoms with Crippen molar-refractivity contribution in [3.8, 4) is 5.75 Å². The molecule has 2 rings (SSSR count). The predicted molar refractivity (Wildman–Crippen MR) is 78.7 cm³/mol. The van der Waals surface area contributed by atoms with E-state index >= 15 is 0 Å². The highest BCUT2D eigenvalue weighted by Gasteiger charge is 2.07. The standard InChI is InChI=1S/C16H20N2O2/c1-12(2)11-20-15-5-3-4-14(8-15)16(19)18-10-13-6-7-17-9-13/h3-9,12,17H,10-11H2,1-2H3,(H,18,19). The van der Waals surface area contributed by atoms with Crippen molar-refractivity contribution in [1.29, 1.82) is 0 Å². The second kappa shape index (κ2) is 6.80. The molecule has 0 atom stereocenters. The number of hydrogen-bond acceptors (Lipinski definition) is 2. The number of rotatable bonds is 6. The van der Waals surface area contributed by atoms with Gasteiger partial charge in [-0.1, -0.05) is 19.9 Å². The first kappa shape index (κ1) is 14.2. The predicted octanol–water partition coefficient (Wildman–Crippen LogP) is 2.98. The van der Waals surface area contributed by atoms with Gasteiger partial charge in [-0.25, -0.2) is 0 Å². The van der Waals surface area contributed by atoms with Crippen molar-refractivity contribution < 1.29 is 9.53 Å². The van der Waals surface area contributed by atoms with Crippen LogP contribution in [0.15, 0.2) is 42.7 Å². The molecule has 0 bridgehead atoms. The van der Waals surface area contributed by atoms with Crippen LogP contribution in [0.5, 0.6) is 5.75 Å². The average Bonchev–Trinajstić information content (AvgIpc) is 2.96. The summed E-state index contributed by atoms with van der Waals surface area (Å²) in [6.07, 6.45) is 3.70. The van der Waals surface area contributed by atoms with Gasteiger partial charge in [0, 0.05) is 24.5 Å². The maximum absolute atomic E-state index is 12.1. The minimum atomic E-state index is -0.0961. The van der Waals surface area contributed by atoms with Gasteiger partial charge >= 0.3 is 0 Å². The van der Waals surface area contributed by atoms with E-state index in [2.05, 4.69) is 24.1 Å². The average molecular weight is 272 g/mol. The summed E-state index contributed by atoms with van der Waals surface area (Å²) in [4.78, 5) is 15.0. The van der Waals surface area contributed by atoms with Gasteiger partial charge in [-0.2, -0.15) is 0 Å². The number of aromatic nitrogens is 1. The maximum atomic E-state index is 12.1. The number of carbonyl (C=O) groups is 1. The Morgan fingerprint density at radius 1 is 1.35 bits per heavy atom. The third-order valence-corrected chi connectivity index (χ3v) is 2.79. The molecule has 106 valence electrons. The number of carbonyl (C=O) groups excluding carboxylic acids is 1. The van der Waals surface area contributed by atoms with Gasteiger partial charge in [0.15, 0.2) is 0 Å². The van der Waals surface area contributed by atoms with Gasteiger partial charge < -0.3 is 15.0 Å². The van der Waals surface area contributed by atoms with Crippen molar-refractivity contribution in [2.45, 2.75) is 20.4 Å². The molecule has 20 heavy (non-hydrogen) atoms. The molecule has 0 spiro atoms. The van der Waals surface area contributed by atoms with E-state index in [1.165, 1.54) is 0 Å². The third kappa shape index (κ3) is 4.16. The lowest BCUT2D eigenvalue weighted by molar-refractivity contribution is 0.0950. The van der Waals surface area contributed by atoms with Gasteiger partial charge in [0.05, 0.1) is 6.61 Å². The third-order valence-electron chi connectivity index (χ3n) is 2.79. The molecule has 4 nitrogen and oxygen atoms in total. The van der Waals surface area contributed by atoms with Crippen LogP contribution in [0, 0.1) is 5.92 Å². The molecule has 0 radical (unpaired) electrons. The number of hydrogen-bond donors (Lipinski definition) is 2. The summed E-state index contributed by atoms with van der Waals surface area (Å²) < 4.78 is 5.62. The summed E-state index contributed by atoms with van der Waals surface area (Å²) in [5, 5.41) is 2.88. The number of amides is 1. The van der Waals surface area contributed by atoms with Crippen molar-refractivity contribution in [3.63, 3.8) is 0 Å². The Morgan fingerprint density at radius 3 is 2.90 bits per heavy atom. The number of H-pyrrole nitrogens is 1. The lowest BCUT2D eigenvalue weighted by Crippen LogP contribution is -2.22. The van der Waals surface area contributed by atoms with Crippen molar-refractivity contribution in [2.24, 2.45) is 5.92 Å². The summed E-state index contributed by atoms with van der Waals surface area (Å²) >= 11 is 0. The molecule has 0 aliphatic rings. The molecular weight excluding hydrogens is 252 g/mol. The normalized spacial score (nSPS) is 10.6. The van der Waals surface area contributed by atoms with E-state index in [4.69, 9.17) is 4.74 Å². The highest BCUT2D eigenvalue weighted by molar-refractivity contribution is 5.94. The van der Waals surface area contributed by atoms with Crippen LogP contribution in [0.1, 0.15) is 29.8 Å². The number of aromatic amines is 1. The van der Waals surface area contributed by atoms with Crippen LogP contribution in [0.3, 0.4) is 0 Å². The van der Waals surface area contributed by atoms with E-state index in [9.17, 15) is 4.79 Å². The van der Waals surface area contributed by atoms with E-state index in [-0.39, 0.29) is 5.91 Å². The molecule has 0 aliphatic heterocycles. The highest BCUT2D eigenvalue weighted by atomic mass is 16.5.